The molecule has 0 N–H and O–H groups in total. The predicted octanol–water partition coefficient (Wildman–Crippen LogP) is 3.71. The van der Waals surface area contributed by atoms with Crippen molar-refractivity contribution in [3.05, 3.63) is 71.8 Å². The molecule has 2 aromatic carbocycles. The average Bonchev–Trinajstić information content (AvgIpc) is 3.05. The lowest BCUT2D eigenvalue weighted by molar-refractivity contribution is -0.132. The van der Waals surface area contributed by atoms with E-state index in [0.29, 0.717) is 11.9 Å². The van der Waals surface area contributed by atoms with Gasteiger partial charge in [-0.25, -0.2) is 0 Å². The Morgan fingerprint density at radius 2 is 1.62 bits per heavy atom. The second-order valence-corrected chi connectivity index (χ2v) is 7.60. The van der Waals surface area contributed by atoms with Gasteiger partial charge in [-0.2, -0.15) is 0 Å². The number of amides is 1. The molecule has 2 fully saturated rings. The molecule has 0 saturated carbocycles. The number of carbonyl (C=O) groups is 1. The van der Waals surface area contributed by atoms with Gasteiger partial charge in [0.25, 0.3) is 0 Å². The van der Waals surface area contributed by atoms with Crippen LogP contribution < -0.4 is 0 Å². The molecule has 1 unspecified atom stereocenters. The number of rotatable bonds is 4. The molecule has 0 aromatic heterocycles. The Kier molecular flexibility index (Phi) is 5.35. The quantitative estimate of drug-likeness (QED) is 0.841. The number of carbonyl (C=O) groups excluding carboxylic acids is 1. The summed E-state index contributed by atoms with van der Waals surface area (Å²) in [4.78, 5) is 18.2. The van der Waals surface area contributed by atoms with Crippen molar-refractivity contribution in [1.29, 1.82) is 0 Å². The van der Waals surface area contributed by atoms with Crippen molar-refractivity contribution in [2.45, 2.75) is 37.6 Å². The molecular weight excluding hydrogens is 320 g/mol. The van der Waals surface area contributed by atoms with Crippen molar-refractivity contribution in [3.63, 3.8) is 0 Å². The van der Waals surface area contributed by atoms with Crippen LogP contribution in [0.3, 0.4) is 0 Å². The standard InChI is InChI=1S/C23H28N2O/c26-23(25-15-13-21-12-7-14-24(21)16-17-25)22(20-10-5-2-6-11-20)18-19-8-3-1-4-9-19/h1-6,8-11,21-22H,7,12-18H2/t21-,22?/m1/s1. The lowest BCUT2D eigenvalue weighted by Gasteiger charge is -2.27. The minimum absolute atomic E-state index is 0.0912. The molecule has 1 amide bonds. The van der Waals surface area contributed by atoms with Crippen LogP contribution in [0.15, 0.2) is 60.7 Å². The fourth-order valence-corrected chi connectivity index (χ4v) is 4.51. The summed E-state index contributed by atoms with van der Waals surface area (Å²) in [7, 11) is 0. The Labute approximate surface area is 156 Å². The smallest absolute Gasteiger partial charge is 0.230 e. The van der Waals surface area contributed by atoms with E-state index in [2.05, 4.69) is 46.2 Å². The molecular formula is C23H28N2O. The molecule has 2 atom stereocenters. The molecule has 4 rings (SSSR count). The third-order valence-electron chi connectivity index (χ3n) is 5.98. The normalized spacial score (nSPS) is 21.8. The molecule has 2 aliphatic rings. The fraction of sp³-hybridized carbons (Fsp3) is 0.435. The van der Waals surface area contributed by atoms with Crippen LogP contribution in [0.25, 0.3) is 0 Å². The van der Waals surface area contributed by atoms with E-state index >= 15 is 0 Å². The first-order chi connectivity index (χ1) is 12.8. The van der Waals surface area contributed by atoms with Gasteiger partial charge in [-0.3, -0.25) is 9.69 Å². The maximum absolute atomic E-state index is 13.5. The van der Waals surface area contributed by atoms with Crippen LogP contribution in [-0.4, -0.2) is 47.9 Å². The second kappa shape index (κ2) is 8.05. The highest BCUT2D eigenvalue weighted by Gasteiger charge is 2.32. The summed E-state index contributed by atoms with van der Waals surface area (Å²) in [5, 5.41) is 0. The van der Waals surface area contributed by atoms with Gasteiger partial charge in [0, 0.05) is 25.7 Å². The highest BCUT2D eigenvalue weighted by atomic mass is 16.2. The zero-order chi connectivity index (χ0) is 17.8. The molecule has 26 heavy (non-hydrogen) atoms. The SMILES string of the molecule is O=C(C(Cc1ccccc1)c1ccccc1)N1CC[C@H]2CCCN2CC1. The van der Waals surface area contributed by atoms with Crippen molar-refractivity contribution in [1.82, 2.24) is 9.80 Å². The zero-order valence-corrected chi connectivity index (χ0v) is 15.4. The lowest BCUT2D eigenvalue weighted by Crippen LogP contribution is -2.38. The van der Waals surface area contributed by atoms with E-state index in [1.165, 1.54) is 24.9 Å². The average molecular weight is 348 g/mol. The monoisotopic (exact) mass is 348 g/mol. The van der Waals surface area contributed by atoms with E-state index in [0.717, 1.165) is 38.0 Å². The van der Waals surface area contributed by atoms with Crippen LogP contribution in [0.4, 0.5) is 0 Å². The van der Waals surface area contributed by atoms with Crippen molar-refractivity contribution >= 4 is 5.91 Å². The molecule has 0 bridgehead atoms. The Morgan fingerprint density at radius 3 is 2.38 bits per heavy atom. The van der Waals surface area contributed by atoms with Crippen molar-refractivity contribution in [3.8, 4) is 0 Å². The van der Waals surface area contributed by atoms with E-state index in [9.17, 15) is 4.79 Å². The summed E-state index contributed by atoms with van der Waals surface area (Å²) >= 11 is 0. The van der Waals surface area contributed by atoms with Gasteiger partial charge in [-0.15, -0.1) is 0 Å². The van der Waals surface area contributed by atoms with Gasteiger partial charge in [-0.1, -0.05) is 60.7 Å². The number of fused-ring (bicyclic) bond motifs is 1. The molecule has 3 nitrogen and oxygen atoms in total. The summed E-state index contributed by atoms with van der Waals surface area (Å²) in [6.07, 6.45) is 4.51. The van der Waals surface area contributed by atoms with Crippen LogP contribution in [0.1, 0.15) is 36.3 Å². The van der Waals surface area contributed by atoms with Gasteiger partial charge in [0.15, 0.2) is 0 Å². The third kappa shape index (κ3) is 3.83. The third-order valence-corrected chi connectivity index (χ3v) is 5.98. The lowest BCUT2D eigenvalue weighted by atomic mass is 9.90. The Bertz CT molecular complexity index is 702. The van der Waals surface area contributed by atoms with Crippen LogP contribution in [0.5, 0.6) is 0 Å². The molecule has 0 aliphatic carbocycles. The van der Waals surface area contributed by atoms with Crippen molar-refractivity contribution in [2.75, 3.05) is 26.2 Å². The number of benzene rings is 2. The number of hydrogen-bond acceptors (Lipinski definition) is 2. The van der Waals surface area contributed by atoms with Gasteiger partial charge in [0.05, 0.1) is 5.92 Å². The molecule has 0 radical (unpaired) electrons. The Hall–Kier alpha value is -2.13. The minimum atomic E-state index is -0.0912. The first-order valence-corrected chi connectivity index (χ1v) is 9.93. The van der Waals surface area contributed by atoms with E-state index in [1.54, 1.807) is 0 Å². The zero-order valence-electron chi connectivity index (χ0n) is 15.4. The van der Waals surface area contributed by atoms with Gasteiger partial charge < -0.3 is 4.90 Å². The van der Waals surface area contributed by atoms with Gasteiger partial charge in [-0.05, 0) is 43.4 Å². The van der Waals surface area contributed by atoms with Gasteiger partial charge >= 0.3 is 0 Å². The first kappa shape index (κ1) is 17.3. The van der Waals surface area contributed by atoms with Crippen LogP contribution >= 0.6 is 0 Å². The number of hydrogen-bond donors (Lipinski definition) is 0. The van der Waals surface area contributed by atoms with E-state index < -0.39 is 0 Å². The minimum Gasteiger partial charge on any atom is -0.341 e. The Morgan fingerprint density at radius 1 is 0.885 bits per heavy atom. The molecule has 136 valence electrons. The van der Waals surface area contributed by atoms with Crippen molar-refractivity contribution < 1.29 is 4.79 Å². The predicted molar refractivity (Wildman–Crippen MR) is 105 cm³/mol. The van der Waals surface area contributed by atoms with Crippen molar-refractivity contribution in [2.24, 2.45) is 0 Å². The van der Waals surface area contributed by atoms with E-state index in [1.807, 2.05) is 24.3 Å². The summed E-state index contributed by atoms with van der Waals surface area (Å²) in [5.74, 6) is 0.202. The molecule has 3 heteroatoms. The van der Waals surface area contributed by atoms with E-state index in [4.69, 9.17) is 0 Å². The summed E-state index contributed by atoms with van der Waals surface area (Å²) in [6, 6.07) is 21.4. The first-order valence-electron chi connectivity index (χ1n) is 9.93. The molecule has 0 spiro atoms. The summed E-state index contributed by atoms with van der Waals surface area (Å²) < 4.78 is 0. The largest absolute Gasteiger partial charge is 0.341 e. The second-order valence-electron chi connectivity index (χ2n) is 7.60. The maximum atomic E-state index is 13.5. The summed E-state index contributed by atoms with van der Waals surface area (Å²) in [5.41, 5.74) is 2.36. The van der Waals surface area contributed by atoms with Gasteiger partial charge in [0.1, 0.15) is 0 Å². The fourth-order valence-electron chi connectivity index (χ4n) is 4.51. The highest BCUT2D eigenvalue weighted by Crippen LogP contribution is 2.27. The summed E-state index contributed by atoms with van der Waals surface area (Å²) in [6.45, 7) is 4.01. The molecule has 2 heterocycles. The highest BCUT2D eigenvalue weighted by molar-refractivity contribution is 5.84. The molecule has 2 aromatic rings. The van der Waals surface area contributed by atoms with Crippen LogP contribution in [-0.2, 0) is 11.2 Å². The van der Waals surface area contributed by atoms with Crippen LogP contribution in [0.2, 0.25) is 0 Å². The maximum Gasteiger partial charge on any atom is 0.230 e. The molecule has 2 aliphatic heterocycles. The number of nitrogens with zero attached hydrogens (tertiary/aromatic N) is 2. The van der Waals surface area contributed by atoms with Crippen LogP contribution in [0, 0.1) is 0 Å². The Balaban J connectivity index is 1.54. The molecule has 2 saturated heterocycles. The van der Waals surface area contributed by atoms with E-state index in [-0.39, 0.29) is 5.92 Å². The van der Waals surface area contributed by atoms with Gasteiger partial charge in [0.2, 0.25) is 5.91 Å². The topological polar surface area (TPSA) is 23.6 Å².